The smallest absolute Gasteiger partial charge is 0.160 e. The number of benzene rings is 7. The van der Waals surface area contributed by atoms with Gasteiger partial charge in [-0.25, -0.2) is 15.0 Å². The monoisotopic (exact) mass is 667 g/mol. The first kappa shape index (κ1) is 29.4. The summed E-state index contributed by atoms with van der Waals surface area (Å²) in [7, 11) is 0. The van der Waals surface area contributed by atoms with Crippen LogP contribution in [0.25, 0.3) is 98.1 Å². The summed E-state index contributed by atoms with van der Waals surface area (Å²) in [5.41, 5.74) is 10.2. The maximum Gasteiger partial charge on any atom is 0.160 e. The second-order valence-electron chi connectivity index (χ2n) is 12.8. The maximum absolute atomic E-state index is 5.50. The largest absolute Gasteiger partial charge is 0.246 e. The average molecular weight is 668 g/mol. The Morgan fingerprint density at radius 2 is 0.980 bits per heavy atom. The van der Waals surface area contributed by atoms with Crippen molar-refractivity contribution in [3.63, 3.8) is 0 Å². The topological polar surface area (TPSA) is 38.7 Å². The van der Waals surface area contributed by atoms with E-state index in [9.17, 15) is 0 Å². The molecule has 0 aliphatic rings. The van der Waals surface area contributed by atoms with E-state index in [-0.39, 0.29) is 0 Å². The molecule has 0 fully saturated rings. The highest BCUT2D eigenvalue weighted by Gasteiger charge is 2.19. The summed E-state index contributed by atoms with van der Waals surface area (Å²) in [6.45, 7) is 0. The second-order valence-corrected chi connectivity index (χ2v) is 13.9. The zero-order valence-electron chi connectivity index (χ0n) is 27.5. The summed E-state index contributed by atoms with van der Waals surface area (Å²) in [6.07, 6.45) is 0. The molecule has 3 aromatic heterocycles. The fourth-order valence-corrected chi connectivity index (χ4v) is 8.38. The third-order valence-electron chi connectivity index (χ3n) is 9.68. The van der Waals surface area contributed by atoms with E-state index in [0.717, 1.165) is 50.2 Å². The van der Waals surface area contributed by atoms with Crippen LogP contribution in [0.1, 0.15) is 0 Å². The van der Waals surface area contributed by atoms with E-state index in [0.29, 0.717) is 5.82 Å². The quantitative estimate of drug-likeness (QED) is 0.171. The van der Waals surface area contributed by atoms with Crippen LogP contribution in [0, 0.1) is 0 Å². The molecule has 0 N–H and O–H groups in total. The standard InChI is InChI=1S/C47H29N3S/c1-3-12-30(13-4-1)31-22-24-33(25-23-31)40-29-41(49-47(48-40)34-15-5-2-6-16-34)35-17-11-18-36(28-35)44-43-38-20-9-10-21-42(38)51-46(43)39-27-26-32-14-7-8-19-37(32)45(39)50-44/h1-29H. The van der Waals surface area contributed by atoms with Crippen molar-refractivity contribution in [2.75, 3.05) is 0 Å². The molecule has 3 heterocycles. The van der Waals surface area contributed by atoms with Gasteiger partial charge in [0.1, 0.15) is 0 Å². The van der Waals surface area contributed by atoms with E-state index in [1.165, 1.54) is 42.1 Å². The van der Waals surface area contributed by atoms with Gasteiger partial charge in [0.2, 0.25) is 0 Å². The molecule has 0 bridgehead atoms. The van der Waals surface area contributed by atoms with E-state index in [1.54, 1.807) is 0 Å². The third kappa shape index (κ3) is 5.16. The maximum atomic E-state index is 5.50. The Bertz CT molecular complexity index is 2900. The summed E-state index contributed by atoms with van der Waals surface area (Å²) < 4.78 is 2.53. The van der Waals surface area contributed by atoms with Gasteiger partial charge in [-0.15, -0.1) is 11.3 Å². The minimum atomic E-state index is 0.696. The van der Waals surface area contributed by atoms with Crippen molar-refractivity contribution in [1.82, 2.24) is 15.0 Å². The fraction of sp³-hybridized carbons (Fsp3) is 0. The van der Waals surface area contributed by atoms with Crippen molar-refractivity contribution in [3.05, 3.63) is 176 Å². The van der Waals surface area contributed by atoms with Gasteiger partial charge in [0, 0.05) is 53.2 Å². The van der Waals surface area contributed by atoms with Crippen LogP contribution in [0.15, 0.2) is 176 Å². The van der Waals surface area contributed by atoms with Crippen LogP contribution in [0.4, 0.5) is 0 Å². The lowest BCUT2D eigenvalue weighted by atomic mass is 9.98. The Morgan fingerprint density at radius 3 is 1.78 bits per heavy atom. The fourth-order valence-electron chi connectivity index (χ4n) is 7.15. The molecule has 7 aromatic carbocycles. The molecule has 0 amide bonds. The van der Waals surface area contributed by atoms with Crippen molar-refractivity contribution in [3.8, 4) is 56.3 Å². The lowest BCUT2D eigenvalue weighted by molar-refractivity contribution is 1.18. The van der Waals surface area contributed by atoms with Crippen LogP contribution < -0.4 is 0 Å². The van der Waals surface area contributed by atoms with Crippen LogP contribution in [-0.4, -0.2) is 15.0 Å². The number of fused-ring (bicyclic) bond motifs is 7. The van der Waals surface area contributed by atoms with Gasteiger partial charge >= 0.3 is 0 Å². The number of rotatable bonds is 5. The van der Waals surface area contributed by atoms with E-state index in [4.69, 9.17) is 15.0 Å². The minimum absolute atomic E-state index is 0.696. The third-order valence-corrected chi connectivity index (χ3v) is 10.9. The number of pyridine rings is 1. The number of hydrogen-bond donors (Lipinski definition) is 0. The van der Waals surface area contributed by atoms with Gasteiger partial charge in [0.25, 0.3) is 0 Å². The Labute approximate surface area is 299 Å². The van der Waals surface area contributed by atoms with Gasteiger partial charge in [0.15, 0.2) is 5.82 Å². The Kier molecular flexibility index (Phi) is 7.00. The minimum Gasteiger partial charge on any atom is -0.246 e. The number of nitrogens with zero attached hydrogens (tertiary/aromatic N) is 3. The number of aromatic nitrogens is 3. The van der Waals surface area contributed by atoms with Crippen molar-refractivity contribution < 1.29 is 0 Å². The second kappa shape index (κ2) is 12.1. The van der Waals surface area contributed by atoms with Crippen LogP contribution in [-0.2, 0) is 0 Å². The Hall–Kier alpha value is -6.49. The summed E-state index contributed by atoms with van der Waals surface area (Å²) in [5, 5.41) is 5.97. The number of thiophene rings is 1. The van der Waals surface area contributed by atoms with Gasteiger partial charge in [0.05, 0.1) is 22.6 Å². The normalized spacial score (nSPS) is 11.5. The molecule has 0 radical (unpaired) electrons. The molecule has 0 saturated heterocycles. The molecule has 0 spiro atoms. The Morgan fingerprint density at radius 1 is 0.373 bits per heavy atom. The predicted molar refractivity (Wildman–Crippen MR) is 215 cm³/mol. The molecular formula is C47H29N3S. The van der Waals surface area contributed by atoms with Gasteiger partial charge in [-0.05, 0) is 34.7 Å². The SMILES string of the molecule is c1ccc(-c2ccc(-c3cc(-c4cccc(-c5nc6c7ccccc7ccc6c6sc7ccccc7c56)c4)nc(-c4ccccc4)n3)cc2)cc1. The highest BCUT2D eigenvalue weighted by molar-refractivity contribution is 7.26. The summed E-state index contributed by atoms with van der Waals surface area (Å²) in [6, 6.07) is 61.8. The molecule has 0 aliphatic heterocycles. The van der Waals surface area contributed by atoms with Crippen LogP contribution in [0.5, 0.6) is 0 Å². The van der Waals surface area contributed by atoms with Gasteiger partial charge in [-0.3, -0.25) is 0 Å². The molecule has 0 atom stereocenters. The summed E-state index contributed by atoms with van der Waals surface area (Å²) >= 11 is 1.85. The molecule has 238 valence electrons. The van der Waals surface area contributed by atoms with E-state index in [2.05, 4.69) is 152 Å². The van der Waals surface area contributed by atoms with Crippen LogP contribution >= 0.6 is 11.3 Å². The van der Waals surface area contributed by atoms with Crippen molar-refractivity contribution in [2.45, 2.75) is 0 Å². The molecular weight excluding hydrogens is 639 g/mol. The van der Waals surface area contributed by atoms with E-state index in [1.807, 2.05) is 35.6 Å². The van der Waals surface area contributed by atoms with Crippen LogP contribution in [0.3, 0.4) is 0 Å². The average Bonchev–Trinajstić information content (AvgIpc) is 3.61. The van der Waals surface area contributed by atoms with E-state index < -0.39 is 0 Å². The zero-order valence-corrected chi connectivity index (χ0v) is 28.3. The van der Waals surface area contributed by atoms with Crippen molar-refractivity contribution in [2.24, 2.45) is 0 Å². The molecule has 10 rings (SSSR count). The van der Waals surface area contributed by atoms with Crippen molar-refractivity contribution >= 4 is 53.2 Å². The number of hydrogen-bond acceptors (Lipinski definition) is 4. The molecule has 3 nitrogen and oxygen atoms in total. The lowest BCUT2D eigenvalue weighted by Crippen LogP contribution is -1.96. The molecule has 0 unspecified atom stereocenters. The first-order valence-electron chi connectivity index (χ1n) is 17.1. The first-order chi connectivity index (χ1) is 25.3. The first-order valence-corrected chi connectivity index (χ1v) is 17.9. The van der Waals surface area contributed by atoms with Gasteiger partial charge in [-0.2, -0.15) is 0 Å². The van der Waals surface area contributed by atoms with Crippen molar-refractivity contribution in [1.29, 1.82) is 0 Å². The highest BCUT2D eigenvalue weighted by Crippen LogP contribution is 2.44. The van der Waals surface area contributed by atoms with Gasteiger partial charge in [-0.1, -0.05) is 158 Å². The molecule has 10 aromatic rings. The highest BCUT2D eigenvalue weighted by atomic mass is 32.1. The molecule has 0 saturated carbocycles. The lowest BCUT2D eigenvalue weighted by Gasteiger charge is -2.12. The Balaban J connectivity index is 1.17. The predicted octanol–water partition coefficient (Wildman–Crippen LogP) is 12.9. The molecule has 4 heteroatoms. The molecule has 0 aliphatic carbocycles. The molecule has 51 heavy (non-hydrogen) atoms. The summed E-state index contributed by atoms with van der Waals surface area (Å²) in [5.74, 6) is 0.696. The summed E-state index contributed by atoms with van der Waals surface area (Å²) in [4.78, 5) is 15.8. The van der Waals surface area contributed by atoms with E-state index >= 15 is 0 Å². The van der Waals surface area contributed by atoms with Gasteiger partial charge < -0.3 is 0 Å². The van der Waals surface area contributed by atoms with Crippen LogP contribution in [0.2, 0.25) is 0 Å². The zero-order chi connectivity index (χ0) is 33.7.